The van der Waals surface area contributed by atoms with Gasteiger partial charge in [-0.25, -0.2) is 0 Å². The van der Waals surface area contributed by atoms with Gasteiger partial charge in [-0.2, -0.15) is 5.26 Å². The van der Waals surface area contributed by atoms with Crippen LogP contribution in [0.5, 0.6) is 0 Å². The molecule has 3 heteroatoms. The molecule has 1 aliphatic rings. The SMILES string of the molecule is CC1(C)CCCC1(C#N)NCCO. The minimum Gasteiger partial charge on any atom is -0.395 e. The molecule has 0 spiro atoms. The molecule has 0 aromatic heterocycles. The van der Waals surface area contributed by atoms with Gasteiger partial charge in [0, 0.05) is 6.54 Å². The average Bonchev–Trinajstić information content (AvgIpc) is 2.38. The van der Waals surface area contributed by atoms with Gasteiger partial charge >= 0.3 is 0 Å². The van der Waals surface area contributed by atoms with Crippen molar-refractivity contribution in [1.82, 2.24) is 5.32 Å². The first-order valence-electron chi connectivity index (χ1n) is 4.85. The number of hydrogen-bond donors (Lipinski definition) is 2. The molecule has 1 unspecified atom stereocenters. The van der Waals surface area contributed by atoms with Gasteiger partial charge in [-0.15, -0.1) is 0 Å². The fourth-order valence-corrected chi connectivity index (χ4v) is 2.19. The van der Waals surface area contributed by atoms with Crippen LogP contribution >= 0.6 is 0 Å². The predicted molar refractivity (Wildman–Crippen MR) is 51.1 cm³/mol. The van der Waals surface area contributed by atoms with E-state index in [-0.39, 0.29) is 12.0 Å². The number of aliphatic hydroxyl groups is 1. The largest absolute Gasteiger partial charge is 0.395 e. The minimum absolute atomic E-state index is 0.0247. The Labute approximate surface area is 79.8 Å². The van der Waals surface area contributed by atoms with Gasteiger partial charge in [0.1, 0.15) is 5.54 Å². The Morgan fingerprint density at radius 2 is 2.15 bits per heavy atom. The highest BCUT2D eigenvalue weighted by atomic mass is 16.3. The molecule has 0 bridgehead atoms. The van der Waals surface area contributed by atoms with E-state index in [0.29, 0.717) is 6.54 Å². The molecule has 0 aromatic rings. The molecule has 74 valence electrons. The summed E-state index contributed by atoms with van der Waals surface area (Å²) in [5.74, 6) is 0. The molecule has 0 amide bonds. The Bertz CT molecular complexity index is 219. The first-order chi connectivity index (χ1) is 6.08. The molecule has 1 saturated carbocycles. The predicted octanol–water partition coefficient (Wildman–Crippen LogP) is 1.04. The summed E-state index contributed by atoms with van der Waals surface area (Å²) in [6, 6.07) is 2.38. The van der Waals surface area contributed by atoms with Gasteiger partial charge in [0.05, 0.1) is 12.7 Å². The van der Waals surface area contributed by atoms with Gasteiger partial charge in [-0.05, 0) is 24.7 Å². The smallest absolute Gasteiger partial charge is 0.111 e. The topological polar surface area (TPSA) is 56.0 Å². The lowest BCUT2D eigenvalue weighted by atomic mass is 9.76. The van der Waals surface area contributed by atoms with E-state index in [1.807, 2.05) is 0 Å². The zero-order valence-corrected chi connectivity index (χ0v) is 8.43. The summed E-state index contributed by atoms with van der Waals surface area (Å²) in [6.07, 6.45) is 3.08. The highest BCUT2D eigenvalue weighted by molar-refractivity contribution is 5.18. The summed E-state index contributed by atoms with van der Waals surface area (Å²) < 4.78 is 0. The lowest BCUT2D eigenvalue weighted by Crippen LogP contribution is -2.52. The zero-order chi connectivity index (χ0) is 9.95. The lowest BCUT2D eigenvalue weighted by Gasteiger charge is -2.36. The molecule has 0 saturated heterocycles. The number of β-amino-alcohol motifs (C(OH)–C–C–N with tert-alkyl or cyclic N) is 1. The van der Waals surface area contributed by atoms with E-state index in [4.69, 9.17) is 5.11 Å². The number of aliphatic hydroxyl groups excluding tert-OH is 1. The van der Waals surface area contributed by atoms with Gasteiger partial charge < -0.3 is 5.11 Å². The van der Waals surface area contributed by atoms with E-state index in [2.05, 4.69) is 25.2 Å². The average molecular weight is 182 g/mol. The van der Waals surface area contributed by atoms with Crippen molar-refractivity contribution in [2.24, 2.45) is 5.41 Å². The summed E-state index contributed by atoms with van der Waals surface area (Å²) in [7, 11) is 0. The van der Waals surface area contributed by atoms with Crippen molar-refractivity contribution in [1.29, 1.82) is 5.26 Å². The van der Waals surface area contributed by atoms with Crippen LogP contribution in [0.2, 0.25) is 0 Å². The molecule has 1 aliphatic carbocycles. The molecule has 0 radical (unpaired) electrons. The summed E-state index contributed by atoms with van der Waals surface area (Å²) >= 11 is 0. The summed E-state index contributed by atoms with van der Waals surface area (Å²) in [5, 5.41) is 21.1. The highest BCUT2D eigenvalue weighted by Crippen LogP contribution is 2.45. The summed E-state index contributed by atoms with van der Waals surface area (Å²) in [6.45, 7) is 4.84. The second-order valence-electron chi connectivity index (χ2n) is 4.40. The summed E-state index contributed by atoms with van der Waals surface area (Å²) in [4.78, 5) is 0. The van der Waals surface area contributed by atoms with E-state index in [9.17, 15) is 5.26 Å². The second-order valence-corrected chi connectivity index (χ2v) is 4.40. The minimum atomic E-state index is -0.421. The molecule has 2 N–H and O–H groups in total. The van der Waals surface area contributed by atoms with E-state index in [1.54, 1.807) is 0 Å². The molecule has 1 rings (SSSR count). The van der Waals surface area contributed by atoms with Crippen LogP contribution in [0.25, 0.3) is 0 Å². The molecule has 3 nitrogen and oxygen atoms in total. The highest BCUT2D eigenvalue weighted by Gasteiger charge is 2.48. The molecule has 1 atom stereocenters. The van der Waals surface area contributed by atoms with Crippen LogP contribution in [0.15, 0.2) is 0 Å². The Morgan fingerprint density at radius 3 is 2.54 bits per heavy atom. The van der Waals surface area contributed by atoms with Crippen LogP contribution < -0.4 is 5.32 Å². The first-order valence-corrected chi connectivity index (χ1v) is 4.85. The first kappa shape index (κ1) is 10.5. The van der Waals surface area contributed by atoms with Crippen LogP contribution in [0.3, 0.4) is 0 Å². The van der Waals surface area contributed by atoms with Crippen molar-refractivity contribution in [3.63, 3.8) is 0 Å². The van der Waals surface area contributed by atoms with Crippen molar-refractivity contribution in [3.05, 3.63) is 0 Å². The number of nitrogens with one attached hydrogen (secondary N) is 1. The van der Waals surface area contributed by atoms with Gasteiger partial charge in [-0.1, -0.05) is 13.8 Å². The van der Waals surface area contributed by atoms with Gasteiger partial charge in [0.2, 0.25) is 0 Å². The van der Waals surface area contributed by atoms with E-state index >= 15 is 0 Å². The molecule has 1 fully saturated rings. The van der Waals surface area contributed by atoms with Crippen LogP contribution in [0, 0.1) is 16.7 Å². The number of nitriles is 1. The van der Waals surface area contributed by atoms with Crippen molar-refractivity contribution < 1.29 is 5.11 Å². The molecule has 13 heavy (non-hydrogen) atoms. The standard InChI is InChI=1S/C10H18N2O/c1-9(2)4-3-5-10(9,8-11)12-6-7-13/h12-13H,3-7H2,1-2H3. The maximum atomic E-state index is 9.18. The third-order valence-electron chi connectivity index (χ3n) is 3.24. The lowest BCUT2D eigenvalue weighted by molar-refractivity contribution is 0.195. The maximum Gasteiger partial charge on any atom is 0.111 e. The third-order valence-corrected chi connectivity index (χ3v) is 3.24. The van der Waals surface area contributed by atoms with Crippen molar-refractivity contribution >= 4 is 0 Å². The van der Waals surface area contributed by atoms with E-state index in [0.717, 1.165) is 19.3 Å². The fourth-order valence-electron chi connectivity index (χ4n) is 2.19. The Balaban J connectivity index is 2.75. The maximum absolute atomic E-state index is 9.18. The van der Waals surface area contributed by atoms with E-state index < -0.39 is 5.54 Å². The summed E-state index contributed by atoms with van der Waals surface area (Å²) in [5.41, 5.74) is -0.396. The molecular weight excluding hydrogens is 164 g/mol. The van der Waals surface area contributed by atoms with Crippen LogP contribution in [-0.2, 0) is 0 Å². The molecule has 0 heterocycles. The number of rotatable bonds is 3. The van der Waals surface area contributed by atoms with Crippen molar-refractivity contribution in [2.75, 3.05) is 13.2 Å². The number of hydrogen-bond acceptors (Lipinski definition) is 3. The Morgan fingerprint density at radius 1 is 1.46 bits per heavy atom. The van der Waals surface area contributed by atoms with Crippen molar-refractivity contribution in [2.45, 2.75) is 38.6 Å². The number of nitrogens with zero attached hydrogens (tertiary/aromatic N) is 1. The van der Waals surface area contributed by atoms with Gasteiger partial charge in [0.15, 0.2) is 0 Å². The molecular formula is C10H18N2O. The van der Waals surface area contributed by atoms with Crippen LogP contribution in [0.1, 0.15) is 33.1 Å². The van der Waals surface area contributed by atoms with Gasteiger partial charge in [-0.3, -0.25) is 5.32 Å². The van der Waals surface area contributed by atoms with E-state index in [1.165, 1.54) is 0 Å². The second kappa shape index (κ2) is 3.65. The van der Waals surface area contributed by atoms with Crippen molar-refractivity contribution in [3.8, 4) is 6.07 Å². The normalized spacial score (nSPS) is 31.5. The molecule has 0 aliphatic heterocycles. The third kappa shape index (κ3) is 1.70. The van der Waals surface area contributed by atoms with Gasteiger partial charge in [0.25, 0.3) is 0 Å². The molecule has 0 aromatic carbocycles. The quantitative estimate of drug-likeness (QED) is 0.685. The van der Waals surface area contributed by atoms with Crippen LogP contribution in [0.4, 0.5) is 0 Å². The van der Waals surface area contributed by atoms with Crippen LogP contribution in [-0.4, -0.2) is 23.8 Å². The monoisotopic (exact) mass is 182 g/mol. The fraction of sp³-hybridized carbons (Fsp3) is 0.900. The Hall–Kier alpha value is -0.590. The Kier molecular flexibility index (Phi) is 2.94. The zero-order valence-electron chi connectivity index (χ0n) is 8.43.